The summed E-state index contributed by atoms with van der Waals surface area (Å²) < 4.78 is 41.1. The van der Waals surface area contributed by atoms with Crippen molar-refractivity contribution in [3.05, 3.63) is 77.2 Å². The van der Waals surface area contributed by atoms with Gasteiger partial charge >= 0.3 is 0 Å². The summed E-state index contributed by atoms with van der Waals surface area (Å²) in [6, 6.07) is 11.8. The molecular formula is C19H17F3N4. The Labute approximate surface area is 149 Å². The Balaban J connectivity index is 1.71. The molecule has 0 aliphatic heterocycles. The van der Waals surface area contributed by atoms with E-state index in [0.717, 1.165) is 12.1 Å². The molecule has 7 heteroatoms. The van der Waals surface area contributed by atoms with Crippen LogP contribution < -0.4 is 10.6 Å². The fourth-order valence-corrected chi connectivity index (χ4v) is 2.47. The molecule has 4 nitrogen and oxygen atoms in total. The SMILES string of the molecule is Cc1cc(NCCc2ccccc2F)nc(Nc2c(F)cccc2F)n1. The third kappa shape index (κ3) is 4.30. The average Bonchev–Trinajstić information content (AvgIpc) is 2.60. The van der Waals surface area contributed by atoms with Crippen molar-refractivity contribution in [1.29, 1.82) is 0 Å². The molecule has 0 aliphatic rings. The maximum Gasteiger partial charge on any atom is 0.229 e. The van der Waals surface area contributed by atoms with Gasteiger partial charge in [-0.15, -0.1) is 0 Å². The predicted molar refractivity (Wildman–Crippen MR) is 95.0 cm³/mol. The predicted octanol–water partition coefficient (Wildman–Crippen LogP) is 4.60. The van der Waals surface area contributed by atoms with Crippen LogP contribution in [0.1, 0.15) is 11.3 Å². The van der Waals surface area contributed by atoms with Gasteiger partial charge in [0, 0.05) is 18.3 Å². The van der Waals surface area contributed by atoms with Crippen molar-refractivity contribution < 1.29 is 13.2 Å². The summed E-state index contributed by atoms with van der Waals surface area (Å²) in [4.78, 5) is 8.34. The molecule has 26 heavy (non-hydrogen) atoms. The molecule has 0 bridgehead atoms. The van der Waals surface area contributed by atoms with Gasteiger partial charge in [-0.25, -0.2) is 18.2 Å². The third-order valence-electron chi connectivity index (χ3n) is 3.71. The summed E-state index contributed by atoms with van der Waals surface area (Å²) in [5, 5.41) is 5.64. The summed E-state index contributed by atoms with van der Waals surface area (Å²) >= 11 is 0. The quantitative estimate of drug-likeness (QED) is 0.676. The molecular weight excluding hydrogens is 341 g/mol. The van der Waals surface area contributed by atoms with Gasteiger partial charge < -0.3 is 10.6 Å². The number of benzene rings is 2. The van der Waals surface area contributed by atoms with Crippen LogP contribution in [0, 0.1) is 24.4 Å². The van der Waals surface area contributed by atoms with Crippen LogP contribution in [0.2, 0.25) is 0 Å². The summed E-state index contributed by atoms with van der Waals surface area (Å²) in [6.07, 6.45) is 0.473. The van der Waals surface area contributed by atoms with Crippen LogP contribution in [-0.4, -0.2) is 16.5 Å². The van der Waals surface area contributed by atoms with Crippen LogP contribution in [0.15, 0.2) is 48.5 Å². The van der Waals surface area contributed by atoms with Crippen LogP contribution in [-0.2, 0) is 6.42 Å². The Bertz CT molecular complexity index is 895. The van der Waals surface area contributed by atoms with Crippen LogP contribution in [0.3, 0.4) is 0 Å². The number of para-hydroxylation sites is 1. The first-order chi connectivity index (χ1) is 12.5. The molecule has 2 aromatic carbocycles. The smallest absolute Gasteiger partial charge is 0.229 e. The lowest BCUT2D eigenvalue weighted by Crippen LogP contribution is -2.10. The summed E-state index contributed by atoms with van der Waals surface area (Å²) in [7, 11) is 0. The lowest BCUT2D eigenvalue weighted by atomic mass is 10.1. The fraction of sp³-hybridized carbons (Fsp3) is 0.158. The van der Waals surface area contributed by atoms with Gasteiger partial charge in [0.05, 0.1) is 0 Å². The molecule has 3 aromatic rings. The van der Waals surface area contributed by atoms with Crippen molar-refractivity contribution in [2.24, 2.45) is 0 Å². The van der Waals surface area contributed by atoms with E-state index in [1.165, 1.54) is 12.1 Å². The molecule has 0 atom stereocenters. The van der Waals surface area contributed by atoms with Crippen LogP contribution in [0.5, 0.6) is 0 Å². The molecule has 0 saturated heterocycles. The van der Waals surface area contributed by atoms with Gasteiger partial charge in [0.1, 0.15) is 29.0 Å². The first-order valence-corrected chi connectivity index (χ1v) is 8.07. The van der Waals surface area contributed by atoms with E-state index < -0.39 is 11.6 Å². The lowest BCUT2D eigenvalue weighted by molar-refractivity contribution is 0.590. The van der Waals surface area contributed by atoms with Crippen LogP contribution >= 0.6 is 0 Å². The maximum atomic E-state index is 13.8. The van der Waals surface area contributed by atoms with Gasteiger partial charge in [0.25, 0.3) is 0 Å². The summed E-state index contributed by atoms with van der Waals surface area (Å²) in [5.74, 6) is -1.17. The minimum Gasteiger partial charge on any atom is -0.370 e. The molecule has 0 aliphatic carbocycles. The molecule has 0 radical (unpaired) electrons. The van der Waals surface area contributed by atoms with Gasteiger partial charge in [-0.3, -0.25) is 0 Å². The molecule has 1 heterocycles. The van der Waals surface area contributed by atoms with E-state index in [9.17, 15) is 13.2 Å². The van der Waals surface area contributed by atoms with Gasteiger partial charge in [-0.05, 0) is 37.1 Å². The van der Waals surface area contributed by atoms with E-state index in [1.807, 2.05) is 0 Å². The number of rotatable bonds is 6. The number of nitrogens with one attached hydrogen (secondary N) is 2. The zero-order valence-corrected chi connectivity index (χ0v) is 14.1. The lowest BCUT2D eigenvalue weighted by Gasteiger charge is -2.11. The van der Waals surface area contributed by atoms with E-state index in [1.54, 1.807) is 31.2 Å². The zero-order chi connectivity index (χ0) is 18.5. The standard InChI is InChI=1S/C19H17F3N4/c1-12-11-17(23-10-9-13-5-2-3-6-14(13)20)25-19(24-12)26-18-15(21)7-4-8-16(18)22/h2-8,11H,9-10H2,1H3,(H2,23,24,25,26). The zero-order valence-electron chi connectivity index (χ0n) is 14.1. The highest BCUT2D eigenvalue weighted by Gasteiger charge is 2.11. The molecule has 0 unspecified atom stereocenters. The topological polar surface area (TPSA) is 49.8 Å². The van der Waals surface area contributed by atoms with E-state index in [0.29, 0.717) is 30.0 Å². The Hall–Kier alpha value is -3.09. The second-order valence-corrected chi connectivity index (χ2v) is 5.71. The molecule has 134 valence electrons. The Morgan fingerprint density at radius 3 is 2.31 bits per heavy atom. The molecule has 1 aromatic heterocycles. The maximum absolute atomic E-state index is 13.8. The highest BCUT2D eigenvalue weighted by molar-refractivity contribution is 5.56. The minimum absolute atomic E-state index is 0.0717. The highest BCUT2D eigenvalue weighted by atomic mass is 19.1. The first kappa shape index (κ1) is 17.7. The molecule has 0 spiro atoms. The van der Waals surface area contributed by atoms with Crippen molar-refractivity contribution in [2.45, 2.75) is 13.3 Å². The highest BCUT2D eigenvalue weighted by Crippen LogP contribution is 2.22. The number of nitrogens with zero attached hydrogens (tertiary/aromatic N) is 2. The monoisotopic (exact) mass is 358 g/mol. The fourth-order valence-electron chi connectivity index (χ4n) is 2.47. The van der Waals surface area contributed by atoms with E-state index in [4.69, 9.17) is 0 Å². The minimum atomic E-state index is -0.732. The third-order valence-corrected chi connectivity index (χ3v) is 3.71. The Morgan fingerprint density at radius 2 is 1.58 bits per heavy atom. The molecule has 0 amide bonds. The summed E-state index contributed by atoms with van der Waals surface area (Å²) in [6.45, 7) is 2.19. The van der Waals surface area contributed by atoms with Gasteiger partial charge in [0.2, 0.25) is 5.95 Å². The summed E-state index contributed by atoms with van der Waals surface area (Å²) in [5.41, 5.74) is 0.903. The number of aromatic nitrogens is 2. The number of hydrogen-bond acceptors (Lipinski definition) is 4. The Kier molecular flexibility index (Phi) is 5.36. The molecule has 0 saturated carbocycles. The Morgan fingerprint density at radius 1 is 0.885 bits per heavy atom. The first-order valence-electron chi connectivity index (χ1n) is 8.07. The second kappa shape index (κ2) is 7.86. The number of hydrogen-bond donors (Lipinski definition) is 2. The van der Waals surface area contributed by atoms with Crippen molar-refractivity contribution in [1.82, 2.24) is 9.97 Å². The van der Waals surface area contributed by atoms with E-state index in [2.05, 4.69) is 20.6 Å². The van der Waals surface area contributed by atoms with Gasteiger partial charge in [-0.2, -0.15) is 4.98 Å². The molecule has 2 N–H and O–H groups in total. The number of halogens is 3. The molecule has 3 rings (SSSR count). The van der Waals surface area contributed by atoms with Crippen molar-refractivity contribution in [2.75, 3.05) is 17.2 Å². The average molecular weight is 358 g/mol. The van der Waals surface area contributed by atoms with Gasteiger partial charge in [-0.1, -0.05) is 24.3 Å². The molecule has 0 fully saturated rings. The number of aryl methyl sites for hydroxylation is 1. The van der Waals surface area contributed by atoms with Crippen molar-refractivity contribution >= 4 is 17.5 Å². The normalized spacial score (nSPS) is 10.6. The number of anilines is 3. The van der Waals surface area contributed by atoms with Crippen LogP contribution in [0.25, 0.3) is 0 Å². The van der Waals surface area contributed by atoms with Gasteiger partial charge in [0.15, 0.2) is 0 Å². The van der Waals surface area contributed by atoms with Crippen LogP contribution in [0.4, 0.5) is 30.6 Å². The van der Waals surface area contributed by atoms with E-state index in [-0.39, 0.29) is 17.5 Å². The second-order valence-electron chi connectivity index (χ2n) is 5.71. The largest absolute Gasteiger partial charge is 0.370 e. The van der Waals surface area contributed by atoms with E-state index >= 15 is 0 Å². The van der Waals surface area contributed by atoms with Crippen molar-refractivity contribution in [3.63, 3.8) is 0 Å². The van der Waals surface area contributed by atoms with Crippen molar-refractivity contribution in [3.8, 4) is 0 Å².